The van der Waals surface area contributed by atoms with Gasteiger partial charge >= 0.3 is 0 Å². The number of pyridine rings is 2. The highest BCUT2D eigenvalue weighted by Crippen LogP contribution is 2.56. The van der Waals surface area contributed by atoms with Gasteiger partial charge in [0.05, 0.1) is 0 Å². The maximum Gasteiger partial charge on any atom is 0.164 e. The first-order chi connectivity index (χ1) is 25.2. The SMILES string of the molecule is Cc1cncc(-c2ccc3c(c2)C2c4ccccc4C3c3cc(-c4ccc(-c5nc(-c6ccccc6)nc(-c6ccncc6)n5)cc4)ccc32)c1. The summed E-state index contributed by atoms with van der Waals surface area (Å²) in [6.07, 6.45) is 7.41. The molecule has 5 nitrogen and oxygen atoms in total. The molecule has 0 amide bonds. The van der Waals surface area contributed by atoms with E-state index >= 15 is 0 Å². The molecule has 0 saturated heterocycles. The van der Waals surface area contributed by atoms with Crippen LogP contribution in [0.15, 0.2) is 158 Å². The van der Waals surface area contributed by atoms with Gasteiger partial charge in [-0.05, 0) is 92.9 Å². The minimum absolute atomic E-state index is 0.188. The molecule has 0 radical (unpaired) electrons. The predicted molar refractivity (Wildman–Crippen MR) is 202 cm³/mol. The van der Waals surface area contributed by atoms with Gasteiger partial charge in [-0.25, -0.2) is 15.0 Å². The van der Waals surface area contributed by atoms with Crippen molar-refractivity contribution in [3.8, 4) is 56.4 Å². The number of hydrogen-bond donors (Lipinski definition) is 0. The predicted octanol–water partition coefficient (Wildman–Crippen LogP) is 10.3. The molecule has 8 aromatic rings. The Morgan fingerprint density at radius 1 is 0.353 bits per heavy atom. The van der Waals surface area contributed by atoms with Crippen LogP contribution in [0.4, 0.5) is 0 Å². The summed E-state index contributed by atoms with van der Waals surface area (Å²) in [5, 5.41) is 0. The third-order valence-corrected chi connectivity index (χ3v) is 10.3. The number of aromatic nitrogens is 5. The zero-order chi connectivity index (χ0) is 33.9. The van der Waals surface area contributed by atoms with Crippen molar-refractivity contribution >= 4 is 0 Å². The summed E-state index contributed by atoms with van der Waals surface area (Å²) in [5.41, 5.74) is 17.1. The van der Waals surface area contributed by atoms with Crippen molar-refractivity contribution in [2.45, 2.75) is 18.8 Å². The number of rotatable bonds is 5. The Hall–Kier alpha value is -6.59. The van der Waals surface area contributed by atoms with E-state index in [9.17, 15) is 0 Å². The molecule has 3 aliphatic rings. The highest BCUT2D eigenvalue weighted by molar-refractivity contribution is 5.77. The monoisotopic (exact) mass is 653 g/mol. The van der Waals surface area contributed by atoms with Gasteiger partial charge < -0.3 is 0 Å². The van der Waals surface area contributed by atoms with Crippen LogP contribution in [0.5, 0.6) is 0 Å². The number of aryl methyl sites for hydroxylation is 1. The molecule has 3 aromatic heterocycles. The fourth-order valence-corrected chi connectivity index (χ4v) is 7.95. The number of nitrogens with zero attached hydrogens (tertiary/aromatic N) is 5. The molecule has 2 atom stereocenters. The molecule has 0 spiro atoms. The quantitative estimate of drug-likeness (QED) is 0.185. The van der Waals surface area contributed by atoms with Gasteiger partial charge in [-0.2, -0.15) is 0 Å². The van der Waals surface area contributed by atoms with E-state index < -0.39 is 0 Å². The van der Waals surface area contributed by atoms with Crippen molar-refractivity contribution < 1.29 is 0 Å². The standard InChI is InChI=1S/C46H31N5/c1-28-23-35(27-48-26-28)34-16-18-39-41(25-34)43-37-10-6-5-9-36(37)42(39)40-24-33(15-17-38(40)43)29-11-13-31(14-12-29)45-49-44(30-7-3-2-4-8-30)50-46(51-45)32-19-21-47-22-20-32/h2-27,42-43H,1H3. The fourth-order valence-electron chi connectivity index (χ4n) is 7.95. The smallest absolute Gasteiger partial charge is 0.164 e. The normalized spacial score (nSPS) is 15.2. The Bertz CT molecular complexity index is 2540. The van der Waals surface area contributed by atoms with Crippen molar-refractivity contribution in [3.05, 3.63) is 197 Å². The Morgan fingerprint density at radius 2 is 0.824 bits per heavy atom. The van der Waals surface area contributed by atoms with Gasteiger partial charge in [0.1, 0.15) is 0 Å². The maximum absolute atomic E-state index is 4.92. The Balaban J connectivity index is 1.03. The van der Waals surface area contributed by atoms with Crippen LogP contribution in [0, 0.1) is 6.92 Å². The molecule has 11 rings (SSSR count). The molecular weight excluding hydrogens is 623 g/mol. The van der Waals surface area contributed by atoms with Gasteiger partial charge in [0.25, 0.3) is 0 Å². The van der Waals surface area contributed by atoms with Gasteiger partial charge in [-0.15, -0.1) is 0 Å². The van der Waals surface area contributed by atoms with Gasteiger partial charge in [-0.1, -0.05) is 103 Å². The highest BCUT2D eigenvalue weighted by Gasteiger charge is 2.41. The molecular formula is C46H31N5. The first kappa shape index (κ1) is 29.3. The average Bonchev–Trinajstić information content (AvgIpc) is 3.21. The van der Waals surface area contributed by atoms with E-state index in [-0.39, 0.29) is 11.8 Å². The van der Waals surface area contributed by atoms with Crippen LogP contribution in [0.3, 0.4) is 0 Å². The van der Waals surface area contributed by atoms with Crippen molar-refractivity contribution in [2.24, 2.45) is 0 Å². The topological polar surface area (TPSA) is 64.5 Å². The van der Waals surface area contributed by atoms with E-state index in [4.69, 9.17) is 15.0 Å². The molecule has 240 valence electrons. The summed E-state index contributed by atoms with van der Waals surface area (Å²) in [6, 6.07) is 47.8. The molecule has 51 heavy (non-hydrogen) atoms. The first-order valence-electron chi connectivity index (χ1n) is 17.3. The lowest BCUT2D eigenvalue weighted by molar-refractivity contribution is 0.755. The molecule has 2 bridgehead atoms. The van der Waals surface area contributed by atoms with Crippen molar-refractivity contribution in [3.63, 3.8) is 0 Å². The van der Waals surface area contributed by atoms with E-state index in [1.165, 1.54) is 50.1 Å². The third-order valence-electron chi connectivity index (χ3n) is 10.3. The van der Waals surface area contributed by atoms with Crippen molar-refractivity contribution in [2.75, 3.05) is 0 Å². The lowest BCUT2D eigenvalue weighted by Gasteiger charge is -2.42. The lowest BCUT2D eigenvalue weighted by Crippen LogP contribution is -2.27. The van der Waals surface area contributed by atoms with Gasteiger partial charge in [-0.3, -0.25) is 9.97 Å². The maximum atomic E-state index is 4.92. The van der Waals surface area contributed by atoms with Gasteiger partial charge in [0.15, 0.2) is 17.5 Å². The van der Waals surface area contributed by atoms with E-state index in [1.54, 1.807) is 12.4 Å². The zero-order valence-electron chi connectivity index (χ0n) is 27.9. The summed E-state index contributed by atoms with van der Waals surface area (Å²) in [5.74, 6) is 2.29. The summed E-state index contributed by atoms with van der Waals surface area (Å²) in [7, 11) is 0. The Labute approximate surface area is 296 Å². The van der Waals surface area contributed by atoms with E-state index in [1.807, 2.05) is 54.9 Å². The van der Waals surface area contributed by atoms with Crippen LogP contribution in [-0.2, 0) is 0 Å². The van der Waals surface area contributed by atoms with E-state index in [0.29, 0.717) is 17.5 Å². The second kappa shape index (κ2) is 11.8. The third kappa shape index (κ3) is 4.97. The molecule has 0 saturated carbocycles. The second-order valence-corrected chi connectivity index (χ2v) is 13.4. The van der Waals surface area contributed by atoms with Crippen LogP contribution < -0.4 is 0 Å². The number of benzene rings is 5. The minimum atomic E-state index is 0.188. The van der Waals surface area contributed by atoms with Crippen LogP contribution in [0.2, 0.25) is 0 Å². The summed E-state index contributed by atoms with van der Waals surface area (Å²) in [4.78, 5) is 23.3. The molecule has 3 aliphatic carbocycles. The molecule has 5 aromatic carbocycles. The van der Waals surface area contributed by atoms with E-state index in [0.717, 1.165) is 27.8 Å². The number of hydrogen-bond acceptors (Lipinski definition) is 5. The zero-order valence-corrected chi connectivity index (χ0v) is 27.9. The first-order valence-corrected chi connectivity index (χ1v) is 17.3. The minimum Gasteiger partial charge on any atom is -0.265 e. The average molecular weight is 654 g/mol. The van der Waals surface area contributed by atoms with Crippen molar-refractivity contribution in [1.82, 2.24) is 24.9 Å². The van der Waals surface area contributed by atoms with Crippen LogP contribution in [-0.4, -0.2) is 24.9 Å². The van der Waals surface area contributed by atoms with Crippen LogP contribution >= 0.6 is 0 Å². The molecule has 2 unspecified atom stereocenters. The lowest BCUT2D eigenvalue weighted by atomic mass is 9.60. The second-order valence-electron chi connectivity index (χ2n) is 13.4. The molecule has 0 aliphatic heterocycles. The van der Waals surface area contributed by atoms with Gasteiger partial charge in [0, 0.05) is 58.9 Å². The highest BCUT2D eigenvalue weighted by atomic mass is 15.0. The summed E-state index contributed by atoms with van der Waals surface area (Å²) >= 11 is 0. The Morgan fingerprint density at radius 3 is 1.41 bits per heavy atom. The molecule has 0 fully saturated rings. The van der Waals surface area contributed by atoms with Gasteiger partial charge in [0.2, 0.25) is 0 Å². The summed E-state index contributed by atoms with van der Waals surface area (Å²) in [6.45, 7) is 2.10. The molecule has 3 heterocycles. The fraction of sp³-hybridized carbons (Fsp3) is 0.0652. The molecule has 0 N–H and O–H groups in total. The summed E-state index contributed by atoms with van der Waals surface area (Å²) < 4.78 is 0. The largest absolute Gasteiger partial charge is 0.265 e. The van der Waals surface area contributed by atoms with Crippen LogP contribution in [0.1, 0.15) is 50.8 Å². The van der Waals surface area contributed by atoms with Crippen molar-refractivity contribution in [1.29, 1.82) is 0 Å². The van der Waals surface area contributed by atoms with E-state index in [2.05, 4.69) is 108 Å². The molecule has 5 heteroatoms. The van der Waals surface area contributed by atoms with Crippen LogP contribution in [0.25, 0.3) is 56.4 Å². The Kier molecular flexibility index (Phi) is 6.78.